The van der Waals surface area contributed by atoms with Gasteiger partial charge in [-0.05, 0) is 12.6 Å². The van der Waals surface area contributed by atoms with Gasteiger partial charge >= 0.3 is 0 Å². The van der Waals surface area contributed by atoms with E-state index >= 15 is 0 Å². The van der Waals surface area contributed by atoms with Gasteiger partial charge in [-0.15, -0.1) is 15.5 Å². The summed E-state index contributed by atoms with van der Waals surface area (Å²) < 4.78 is 63.2. The van der Waals surface area contributed by atoms with E-state index in [1.807, 2.05) is 6.20 Å². The lowest BCUT2D eigenvalue weighted by atomic mass is 10.3. The lowest BCUT2D eigenvalue weighted by Crippen LogP contribution is -2.22. The van der Waals surface area contributed by atoms with Crippen LogP contribution in [-0.4, -0.2) is 23.0 Å². The van der Waals surface area contributed by atoms with Crippen LogP contribution in [0.2, 0.25) is 0 Å². The van der Waals surface area contributed by atoms with Crippen LogP contribution >= 0.6 is 0 Å². The highest BCUT2D eigenvalue weighted by atomic mass is 32.2. The molecule has 0 radical (unpaired) electrons. The summed E-state index contributed by atoms with van der Waals surface area (Å²) in [7, 11) is 0. The number of hydrogen-bond acceptors (Lipinski definition) is 4. The minimum absolute atomic E-state index is 0.976. The zero-order valence-corrected chi connectivity index (χ0v) is 12.8. The Kier molecular flexibility index (Phi) is 16.3. The van der Waals surface area contributed by atoms with Gasteiger partial charge in [-0.1, -0.05) is 28.9 Å². The van der Waals surface area contributed by atoms with Crippen molar-refractivity contribution in [1.82, 2.24) is 9.80 Å². The Morgan fingerprint density at radius 3 is 1.90 bits per heavy atom. The first-order chi connectivity index (χ1) is 9.90. The minimum Gasteiger partial charge on any atom is -0.358 e. The van der Waals surface area contributed by atoms with Gasteiger partial charge in [-0.25, -0.2) is 0 Å². The molecule has 0 atom stereocenters. The molecular weight excluding hydrogens is 342 g/mol. The second-order valence-electron chi connectivity index (χ2n) is 3.33. The Morgan fingerprint density at radius 2 is 1.62 bits per heavy atom. The second kappa shape index (κ2) is 15.4. The third-order valence-electron chi connectivity index (χ3n) is 1.95. The molecule has 0 saturated carbocycles. The molecule has 1 heterocycles. The van der Waals surface area contributed by atoms with Crippen LogP contribution in [0.15, 0.2) is 34.3 Å². The van der Waals surface area contributed by atoms with Crippen LogP contribution < -0.4 is 0 Å². The molecule has 0 spiro atoms. The van der Waals surface area contributed by atoms with Gasteiger partial charge < -0.3 is 9.80 Å². The van der Waals surface area contributed by atoms with E-state index in [1.165, 1.54) is 12.8 Å². The highest BCUT2D eigenvalue weighted by Gasteiger charge is 2.07. The fraction of sp³-hybridized carbons (Fsp3) is 0.556. The fourth-order valence-electron chi connectivity index (χ4n) is 1.11. The lowest BCUT2D eigenvalue weighted by Gasteiger charge is -2.17. The van der Waals surface area contributed by atoms with Crippen LogP contribution in [-0.2, 0) is 22.9 Å². The molecule has 0 N–H and O–H groups in total. The van der Waals surface area contributed by atoms with E-state index < -0.39 is 22.9 Å². The maximum atomic E-state index is 10.2. The average Bonchev–Trinajstić information content (AvgIpc) is 2.94. The molecule has 0 amide bonds. The minimum atomic E-state index is -3.36. The van der Waals surface area contributed by atoms with E-state index in [0.29, 0.717) is 0 Å². The van der Waals surface area contributed by atoms with Crippen LogP contribution in [0, 0.1) is 0 Å². The molecule has 126 valence electrons. The molecule has 1 rings (SSSR count). The SMILES string of the molecule is C=CN1C=CN(CCCC)C1.FN=S(F)F.FN=S(F)F. The van der Waals surface area contributed by atoms with E-state index in [1.54, 1.807) is 0 Å². The van der Waals surface area contributed by atoms with Crippen molar-refractivity contribution in [2.75, 3.05) is 13.2 Å². The lowest BCUT2D eigenvalue weighted by molar-refractivity contribution is 0.310. The topological polar surface area (TPSA) is 31.2 Å². The molecule has 1 aliphatic heterocycles. The maximum absolute atomic E-state index is 10.2. The van der Waals surface area contributed by atoms with E-state index in [4.69, 9.17) is 0 Å². The molecule has 4 nitrogen and oxygen atoms in total. The van der Waals surface area contributed by atoms with Crippen LogP contribution in [0.4, 0.5) is 24.5 Å². The monoisotopic (exact) mass is 358 g/mol. The van der Waals surface area contributed by atoms with Gasteiger partial charge in [0, 0.05) is 28.1 Å². The van der Waals surface area contributed by atoms with E-state index in [0.717, 1.165) is 22.4 Å². The van der Waals surface area contributed by atoms with E-state index in [-0.39, 0.29) is 0 Å². The standard InChI is InChI=1S/C9H16N2.2F3NS/c1-3-5-6-11-8-7-10(4-2)9-11;2*1-4-5(2)3/h4,7-8H,2-3,5-6,9H2,1H3;;. The highest BCUT2D eigenvalue weighted by molar-refractivity contribution is 7.76. The summed E-state index contributed by atoms with van der Waals surface area (Å²) in [4.78, 5) is 4.38. The molecule has 0 aromatic rings. The molecule has 0 aromatic carbocycles. The molecule has 0 fully saturated rings. The van der Waals surface area contributed by atoms with Crippen molar-refractivity contribution in [2.45, 2.75) is 19.8 Å². The Hall–Kier alpha value is -1.04. The normalized spacial score (nSPS) is 12.6. The molecule has 0 unspecified atom stereocenters. The van der Waals surface area contributed by atoms with Gasteiger partial charge in [0.15, 0.2) is 0 Å². The van der Waals surface area contributed by atoms with E-state index in [9.17, 15) is 24.5 Å². The van der Waals surface area contributed by atoms with Gasteiger partial charge in [0.05, 0.1) is 6.67 Å². The molecule has 0 bridgehead atoms. The van der Waals surface area contributed by atoms with Crippen LogP contribution in [0.1, 0.15) is 19.8 Å². The number of rotatable bonds is 4. The van der Waals surface area contributed by atoms with Gasteiger partial charge in [-0.3, -0.25) is 0 Å². The fourth-order valence-corrected chi connectivity index (χ4v) is 1.11. The third-order valence-corrected chi connectivity index (χ3v) is 2.16. The van der Waals surface area contributed by atoms with E-state index in [2.05, 4.69) is 35.7 Å². The molecule has 12 heteroatoms. The van der Waals surface area contributed by atoms with Crippen molar-refractivity contribution < 1.29 is 24.5 Å². The van der Waals surface area contributed by atoms with Crippen molar-refractivity contribution >= 4 is 22.9 Å². The third kappa shape index (κ3) is 16.9. The summed E-state index contributed by atoms with van der Waals surface area (Å²) in [5, 5.41) is 0. The molecule has 0 saturated heterocycles. The van der Waals surface area contributed by atoms with Crippen molar-refractivity contribution in [2.24, 2.45) is 9.17 Å². The Bertz CT molecular complexity index is 342. The average molecular weight is 358 g/mol. The summed E-state index contributed by atoms with van der Waals surface area (Å²) in [5.41, 5.74) is 0. The van der Waals surface area contributed by atoms with Crippen molar-refractivity contribution in [1.29, 1.82) is 0 Å². The predicted molar refractivity (Wildman–Crippen MR) is 73.9 cm³/mol. The number of hydrogen-bond donors (Lipinski definition) is 0. The summed E-state index contributed by atoms with van der Waals surface area (Å²) in [6.07, 6.45) is 8.57. The zero-order valence-electron chi connectivity index (χ0n) is 11.1. The summed E-state index contributed by atoms with van der Waals surface area (Å²) in [6.45, 7) is 8.06. The Balaban J connectivity index is 0. The Labute approximate surface area is 125 Å². The quantitative estimate of drug-likeness (QED) is 0.672. The summed E-state index contributed by atoms with van der Waals surface area (Å²) in [6, 6.07) is 0. The van der Waals surface area contributed by atoms with Crippen molar-refractivity contribution in [3.8, 4) is 0 Å². The van der Waals surface area contributed by atoms with Crippen molar-refractivity contribution in [3.05, 3.63) is 25.2 Å². The first-order valence-corrected chi connectivity index (χ1v) is 7.46. The predicted octanol–water partition coefficient (Wildman–Crippen LogP) is 4.86. The molecule has 21 heavy (non-hydrogen) atoms. The van der Waals surface area contributed by atoms with Gasteiger partial charge in [0.1, 0.15) is 0 Å². The Morgan fingerprint density at radius 1 is 1.14 bits per heavy atom. The molecule has 0 aliphatic carbocycles. The zero-order chi connectivity index (χ0) is 16.7. The molecular formula is C9H16F6N4S2. The van der Waals surface area contributed by atoms with Crippen molar-refractivity contribution in [3.63, 3.8) is 0 Å². The van der Waals surface area contributed by atoms with Crippen LogP contribution in [0.25, 0.3) is 0 Å². The van der Waals surface area contributed by atoms with Gasteiger partial charge in [0.25, 0.3) is 22.9 Å². The molecule has 1 aliphatic rings. The first kappa shape index (κ1) is 22.2. The largest absolute Gasteiger partial charge is 0.358 e. The number of unbranched alkanes of at least 4 members (excludes halogenated alkanes) is 1. The van der Waals surface area contributed by atoms with Gasteiger partial charge in [0.2, 0.25) is 0 Å². The molecule has 0 aromatic heterocycles. The second-order valence-corrected chi connectivity index (χ2v) is 4.39. The number of halogens is 6. The first-order valence-electron chi connectivity index (χ1n) is 5.49. The highest BCUT2D eigenvalue weighted by Crippen LogP contribution is 2.07. The van der Waals surface area contributed by atoms with Crippen LogP contribution in [0.3, 0.4) is 0 Å². The summed E-state index contributed by atoms with van der Waals surface area (Å²) in [5.74, 6) is 0. The van der Waals surface area contributed by atoms with Gasteiger partial charge in [-0.2, -0.15) is 0 Å². The summed E-state index contributed by atoms with van der Waals surface area (Å²) >= 11 is -6.73. The van der Waals surface area contributed by atoms with Crippen LogP contribution in [0.5, 0.6) is 0 Å². The smallest absolute Gasteiger partial charge is 0.293 e. The maximum Gasteiger partial charge on any atom is 0.293 e. The number of nitrogens with zero attached hydrogens (tertiary/aromatic N) is 4.